The van der Waals surface area contributed by atoms with Crippen molar-refractivity contribution in [1.29, 1.82) is 0 Å². The average molecular weight is 255 g/mol. The van der Waals surface area contributed by atoms with Crippen molar-refractivity contribution in [3.05, 3.63) is 58.9 Å². The van der Waals surface area contributed by atoms with Crippen molar-refractivity contribution >= 4 is 0 Å². The predicted molar refractivity (Wildman–Crippen MR) is 78.1 cm³/mol. The molecule has 1 aromatic heterocycles. The molecule has 0 bridgehead atoms. The minimum absolute atomic E-state index is 0.284. The number of aromatic nitrogens is 2. The van der Waals surface area contributed by atoms with Crippen molar-refractivity contribution in [2.45, 2.75) is 32.7 Å². The van der Waals surface area contributed by atoms with Gasteiger partial charge in [0.1, 0.15) is 0 Å². The molecular formula is C16H21N3. The molecule has 0 radical (unpaired) electrons. The minimum Gasteiger partial charge on any atom is -0.313 e. The van der Waals surface area contributed by atoms with E-state index in [1.165, 1.54) is 11.1 Å². The first-order chi connectivity index (χ1) is 9.24. The van der Waals surface area contributed by atoms with Crippen LogP contribution in [0.1, 0.15) is 35.5 Å². The monoisotopic (exact) mass is 255 g/mol. The van der Waals surface area contributed by atoms with E-state index in [1.54, 1.807) is 0 Å². The van der Waals surface area contributed by atoms with Gasteiger partial charge < -0.3 is 5.32 Å². The molecule has 19 heavy (non-hydrogen) atoms. The van der Waals surface area contributed by atoms with Crippen LogP contribution in [0, 0.1) is 6.92 Å². The second-order valence-corrected chi connectivity index (χ2v) is 4.77. The Labute approximate surface area is 115 Å². The summed E-state index contributed by atoms with van der Waals surface area (Å²) >= 11 is 0. The van der Waals surface area contributed by atoms with Gasteiger partial charge in [0.05, 0.1) is 11.4 Å². The van der Waals surface area contributed by atoms with Gasteiger partial charge in [-0.15, -0.1) is 0 Å². The molecule has 0 spiro atoms. The molecule has 1 unspecified atom stereocenters. The van der Waals surface area contributed by atoms with Crippen molar-refractivity contribution in [2.75, 3.05) is 7.05 Å². The Hall–Kier alpha value is -1.74. The van der Waals surface area contributed by atoms with E-state index in [0.717, 1.165) is 24.2 Å². The first-order valence-corrected chi connectivity index (χ1v) is 6.79. The maximum absolute atomic E-state index is 4.32. The summed E-state index contributed by atoms with van der Waals surface area (Å²) in [5, 5.41) is 11.9. The number of nitrogens with one attached hydrogen (secondary N) is 1. The second kappa shape index (κ2) is 6.43. The van der Waals surface area contributed by atoms with Crippen LogP contribution in [-0.2, 0) is 12.8 Å². The highest BCUT2D eigenvalue weighted by Crippen LogP contribution is 2.21. The number of aryl methyl sites for hydroxylation is 2. The highest BCUT2D eigenvalue weighted by molar-refractivity contribution is 5.27. The molecule has 2 rings (SSSR count). The van der Waals surface area contributed by atoms with E-state index in [0.29, 0.717) is 0 Å². The Morgan fingerprint density at radius 1 is 1.16 bits per heavy atom. The Balaban J connectivity index is 2.29. The quantitative estimate of drug-likeness (QED) is 0.892. The first kappa shape index (κ1) is 13.7. The topological polar surface area (TPSA) is 37.8 Å². The summed E-state index contributed by atoms with van der Waals surface area (Å²) < 4.78 is 0. The summed E-state index contributed by atoms with van der Waals surface area (Å²) in [5.41, 5.74) is 4.65. The molecule has 1 N–H and O–H groups in total. The van der Waals surface area contributed by atoms with E-state index in [9.17, 15) is 0 Å². The summed E-state index contributed by atoms with van der Waals surface area (Å²) in [6.45, 7) is 4.11. The summed E-state index contributed by atoms with van der Waals surface area (Å²) in [4.78, 5) is 0. The molecule has 0 saturated heterocycles. The molecule has 1 aromatic carbocycles. The largest absolute Gasteiger partial charge is 0.313 e. The number of benzene rings is 1. The van der Waals surface area contributed by atoms with Gasteiger partial charge in [0.2, 0.25) is 0 Å². The van der Waals surface area contributed by atoms with Gasteiger partial charge in [-0.3, -0.25) is 0 Å². The lowest BCUT2D eigenvalue weighted by atomic mass is 9.97. The van der Waals surface area contributed by atoms with E-state index in [1.807, 2.05) is 20.0 Å². The molecule has 1 atom stereocenters. The van der Waals surface area contributed by atoms with E-state index >= 15 is 0 Å². The smallest absolute Gasteiger partial charge is 0.0676 e. The third-order valence-electron chi connectivity index (χ3n) is 3.37. The van der Waals surface area contributed by atoms with Crippen LogP contribution in [0.15, 0.2) is 36.4 Å². The lowest BCUT2D eigenvalue weighted by molar-refractivity contribution is 0.578. The highest BCUT2D eigenvalue weighted by atomic mass is 15.1. The van der Waals surface area contributed by atoms with Crippen molar-refractivity contribution in [3.8, 4) is 0 Å². The zero-order chi connectivity index (χ0) is 13.7. The van der Waals surface area contributed by atoms with Crippen LogP contribution in [0.25, 0.3) is 0 Å². The second-order valence-electron chi connectivity index (χ2n) is 4.77. The van der Waals surface area contributed by atoms with Gasteiger partial charge in [0.15, 0.2) is 0 Å². The summed E-state index contributed by atoms with van der Waals surface area (Å²) in [6, 6.07) is 13.0. The summed E-state index contributed by atoms with van der Waals surface area (Å²) in [7, 11) is 2.00. The van der Waals surface area contributed by atoms with Crippen molar-refractivity contribution in [1.82, 2.24) is 15.5 Å². The molecule has 0 amide bonds. The van der Waals surface area contributed by atoms with E-state index < -0.39 is 0 Å². The minimum atomic E-state index is 0.284. The molecule has 100 valence electrons. The molecule has 0 aliphatic rings. The van der Waals surface area contributed by atoms with Gasteiger partial charge in [-0.2, -0.15) is 10.2 Å². The lowest BCUT2D eigenvalue weighted by Gasteiger charge is -2.19. The number of hydrogen-bond donors (Lipinski definition) is 1. The summed E-state index contributed by atoms with van der Waals surface area (Å²) in [6.07, 6.45) is 1.88. The molecule has 3 heteroatoms. The number of rotatable bonds is 5. The predicted octanol–water partition coefficient (Wildman–Crippen LogP) is 2.85. The average Bonchev–Trinajstić information content (AvgIpc) is 2.46. The van der Waals surface area contributed by atoms with Crippen LogP contribution >= 0.6 is 0 Å². The Morgan fingerprint density at radius 2 is 1.89 bits per heavy atom. The van der Waals surface area contributed by atoms with Gasteiger partial charge in [-0.25, -0.2) is 0 Å². The molecule has 0 aliphatic heterocycles. The van der Waals surface area contributed by atoms with E-state index in [2.05, 4.69) is 52.8 Å². The normalized spacial score (nSPS) is 12.4. The SMILES string of the molecule is CCc1nnc(C)cc1C(Cc1ccccc1)NC. The fourth-order valence-electron chi connectivity index (χ4n) is 2.33. The molecular weight excluding hydrogens is 234 g/mol. The fourth-order valence-corrected chi connectivity index (χ4v) is 2.33. The van der Waals surface area contributed by atoms with E-state index in [-0.39, 0.29) is 6.04 Å². The van der Waals surface area contributed by atoms with Crippen LogP contribution in [0.2, 0.25) is 0 Å². The third kappa shape index (κ3) is 3.38. The van der Waals surface area contributed by atoms with Crippen molar-refractivity contribution in [2.24, 2.45) is 0 Å². The standard InChI is InChI=1S/C16H21N3/c1-4-15-14(10-12(2)18-19-15)16(17-3)11-13-8-6-5-7-9-13/h5-10,16-17H,4,11H2,1-3H3. The van der Waals surface area contributed by atoms with Gasteiger partial charge in [0, 0.05) is 6.04 Å². The molecule has 0 saturated carbocycles. The van der Waals surface area contributed by atoms with Gasteiger partial charge >= 0.3 is 0 Å². The van der Waals surface area contributed by atoms with Gasteiger partial charge in [0.25, 0.3) is 0 Å². The van der Waals surface area contributed by atoms with Crippen molar-refractivity contribution in [3.63, 3.8) is 0 Å². The molecule has 0 fully saturated rings. The van der Waals surface area contributed by atoms with Gasteiger partial charge in [-0.1, -0.05) is 37.3 Å². The maximum Gasteiger partial charge on any atom is 0.0676 e. The molecule has 3 nitrogen and oxygen atoms in total. The van der Waals surface area contributed by atoms with Crippen molar-refractivity contribution < 1.29 is 0 Å². The molecule has 0 aliphatic carbocycles. The first-order valence-electron chi connectivity index (χ1n) is 6.79. The van der Waals surface area contributed by atoms with Crippen LogP contribution < -0.4 is 5.32 Å². The Morgan fingerprint density at radius 3 is 2.53 bits per heavy atom. The van der Waals surface area contributed by atoms with E-state index in [4.69, 9.17) is 0 Å². The summed E-state index contributed by atoms with van der Waals surface area (Å²) in [5.74, 6) is 0. The van der Waals surface area contributed by atoms with Gasteiger partial charge in [-0.05, 0) is 44.0 Å². The fraction of sp³-hybridized carbons (Fsp3) is 0.375. The molecule has 1 heterocycles. The Kier molecular flexibility index (Phi) is 4.63. The van der Waals surface area contributed by atoms with Crippen LogP contribution in [0.4, 0.5) is 0 Å². The zero-order valence-electron chi connectivity index (χ0n) is 11.9. The third-order valence-corrected chi connectivity index (χ3v) is 3.37. The van der Waals surface area contributed by atoms with Crippen LogP contribution in [0.5, 0.6) is 0 Å². The number of likely N-dealkylation sites (N-methyl/N-ethyl adjacent to an activating group) is 1. The highest BCUT2D eigenvalue weighted by Gasteiger charge is 2.15. The van der Waals surface area contributed by atoms with Crippen LogP contribution in [0.3, 0.4) is 0 Å². The Bertz CT molecular complexity index is 523. The number of hydrogen-bond acceptors (Lipinski definition) is 3. The van der Waals surface area contributed by atoms with Crippen LogP contribution in [-0.4, -0.2) is 17.2 Å². The maximum atomic E-state index is 4.32. The zero-order valence-corrected chi connectivity index (χ0v) is 11.9. The number of nitrogens with zero attached hydrogens (tertiary/aromatic N) is 2. The molecule has 2 aromatic rings. The lowest BCUT2D eigenvalue weighted by Crippen LogP contribution is -2.21.